The number of carbonyl (C=O) groups excluding carboxylic acids is 3. The van der Waals surface area contributed by atoms with Crippen molar-refractivity contribution in [3.8, 4) is 0 Å². The van der Waals surface area contributed by atoms with E-state index in [1.165, 1.54) is 31.0 Å². The lowest BCUT2D eigenvalue weighted by atomic mass is 9.43. The number of fused-ring (bicyclic) bond motifs is 5. The van der Waals surface area contributed by atoms with E-state index in [9.17, 15) is 24.6 Å². The Morgan fingerprint density at radius 2 is 2.03 bits per heavy atom. The predicted molar refractivity (Wildman–Crippen MR) is 122 cm³/mol. The number of allylic oxidation sites excluding steroid dienone is 4. The van der Waals surface area contributed by atoms with Crippen molar-refractivity contribution in [1.29, 1.82) is 0 Å². The summed E-state index contributed by atoms with van der Waals surface area (Å²) in [5.41, 5.74) is -6.05. The third kappa shape index (κ3) is 3.23. The van der Waals surface area contributed by atoms with E-state index in [1.807, 2.05) is 0 Å². The van der Waals surface area contributed by atoms with Crippen molar-refractivity contribution in [3.05, 3.63) is 36.6 Å². The fourth-order valence-corrected chi connectivity index (χ4v) is 7.91. The molecule has 0 bridgehead atoms. The summed E-state index contributed by atoms with van der Waals surface area (Å²) in [5.74, 6) is -2.37. The van der Waals surface area contributed by atoms with Gasteiger partial charge in [0.1, 0.15) is 12.8 Å². The van der Waals surface area contributed by atoms with Crippen molar-refractivity contribution in [2.24, 2.45) is 28.1 Å². The van der Waals surface area contributed by atoms with Crippen molar-refractivity contribution >= 4 is 17.7 Å². The molecule has 0 saturated heterocycles. The third-order valence-corrected chi connectivity index (χ3v) is 9.67. The van der Waals surface area contributed by atoms with Crippen molar-refractivity contribution in [2.45, 2.75) is 57.5 Å². The van der Waals surface area contributed by atoms with Crippen LogP contribution in [-0.2, 0) is 14.3 Å². The number of amides is 1. The molecule has 4 rings (SSSR count). The molecule has 35 heavy (non-hydrogen) atoms. The molecule has 1 unspecified atom stereocenters. The molecule has 0 aromatic heterocycles. The fourth-order valence-electron chi connectivity index (χ4n) is 7.91. The topological polar surface area (TPSA) is 104 Å². The number of aliphatic hydroxyl groups is 2. The molecule has 0 spiro atoms. The van der Waals surface area contributed by atoms with Gasteiger partial charge >= 0.3 is 6.09 Å². The van der Waals surface area contributed by atoms with E-state index in [0.717, 1.165) is 12.3 Å². The van der Waals surface area contributed by atoms with Gasteiger partial charge in [-0.2, -0.15) is 0 Å². The normalized spacial score (nSPS) is 44.0. The minimum absolute atomic E-state index is 0.0361. The summed E-state index contributed by atoms with van der Waals surface area (Å²) < 4.78 is 37.6. The fraction of sp³-hybridized carbons (Fsp3) is 0.654. The number of Topliss-reactive ketones (excluding diaryl/α,β-unsaturated/α-hetero) is 1. The number of halogens is 2. The van der Waals surface area contributed by atoms with Gasteiger partial charge in [-0.1, -0.05) is 19.6 Å². The van der Waals surface area contributed by atoms with Crippen LogP contribution in [0.25, 0.3) is 0 Å². The van der Waals surface area contributed by atoms with Gasteiger partial charge in [-0.3, -0.25) is 9.59 Å². The SMILES string of the molecule is C=COC(=O)N(C)C[C@]1(C(=O)CO)CCC2[C@@H]3C[C@H](F)C4=CC(=O)C=C[C@]4(C)[C@@]3(F)[C@@H](O)C[C@@]21C. The molecule has 4 aliphatic rings. The standard InChI is InChI=1S/C26H33F2NO6/c1-5-35-22(34)29(4)14-25(21(33)13-30)9-7-16-17-11-19(27)18-10-15(31)6-8-23(18,2)26(17,28)20(32)12-24(16,25)3/h5-6,8,10,16-17,19-20,30,32H,1,7,9,11-14H2,2-4H3/t16?,17-,19-,20-,23-,24-,25-,26-/m0/s1. The van der Waals surface area contributed by atoms with E-state index in [0.29, 0.717) is 6.42 Å². The van der Waals surface area contributed by atoms with Gasteiger partial charge in [0.25, 0.3) is 0 Å². The first kappa shape index (κ1) is 25.7. The molecular weight excluding hydrogens is 460 g/mol. The number of aliphatic hydroxyl groups excluding tert-OH is 2. The number of carbonyl (C=O) groups is 3. The number of hydrogen-bond acceptors (Lipinski definition) is 6. The Morgan fingerprint density at radius 1 is 1.34 bits per heavy atom. The number of alkyl halides is 2. The van der Waals surface area contributed by atoms with Crippen LogP contribution < -0.4 is 0 Å². The van der Waals surface area contributed by atoms with Gasteiger partial charge < -0.3 is 19.8 Å². The molecule has 3 fully saturated rings. The Bertz CT molecular complexity index is 1030. The van der Waals surface area contributed by atoms with Crippen LogP contribution in [-0.4, -0.2) is 70.9 Å². The molecule has 192 valence electrons. The van der Waals surface area contributed by atoms with E-state index in [2.05, 4.69) is 6.58 Å². The zero-order valence-corrected chi connectivity index (χ0v) is 20.3. The monoisotopic (exact) mass is 493 g/mol. The van der Waals surface area contributed by atoms with Crippen molar-refractivity contribution in [2.75, 3.05) is 20.2 Å². The van der Waals surface area contributed by atoms with Crippen LogP contribution in [0.4, 0.5) is 13.6 Å². The summed E-state index contributed by atoms with van der Waals surface area (Å²) in [4.78, 5) is 38.8. The van der Waals surface area contributed by atoms with E-state index >= 15 is 8.78 Å². The summed E-state index contributed by atoms with van der Waals surface area (Å²) in [6.07, 6.45) is 1.06. The maximum atomic E-state index is 17.2. The highest BCUT2D eigenvalue weighted by atomic mass is 19.1. The number of hydrogen-bond donors (Lipinski definition) is 2. The van der Waals surface area contributed by atoms with Crippen LogP contribution in [0.2, 0.25) is 0 Å². The Morgan fingerprint density at radius 3 is 2.66 bits per heavy atom. The molecule has 0 aliphatic heterocycles. The van der Waals surface area contributed by atoms with Gasteiger partial charge in [0.2, 0.25) is 0 Å². The lowest BCUT2D eigenvalue weighted by molar-refractivity contribution is -0.212. The summed E-state index contributed by atoms with van der Waals surface area (Å²) in [5, 5.41) is 21.3. The van der Waals surface area contributed by atoms with Crippen molar-refractivity contribution in [1.82, 2.24) is 4.90 Å². The second-order valence-electron chi connectivity index (χ2n) is 11.0. The highest BCUT2D eigenvalue weighted by Crippen LogP contribution is 2.72. The smallest absolute Gasteiger partial charge is 0.414 e. The summed E-state index contributed by atoms with van der Waals surface area (Å²) in [6.45, 7) is 5.76. The van der Waals surface area contributed by atoms with Gasteiger partial charge in [0, 0.05) is 24.9 Å². The number of nitrogens with zero attached hydrogens (tertiary/aromatic N) is 1. The van der Waals surface area contributed by atoms with Gasteiger partial charge in [0.05, 0.1) is 17.8 Å². The van der Waals surface area contributed by atoms with Crippen molar-refractivity contribution < 1.29 is 38.1 Å². The van der Waals surface area contributed by atoms with Crippen LogP contribution in [0.3, 0.4) is 0 Å². The molecule has 9 heteroatoms. The van der Waals surface area contributed by atoms with Gasteiger partial charge in [0.15, 0.2) is 17.2 Å². The van der Waals surface area contributed by atoms with Crippen LogP contribution >= 0.6 is 0 Å². The minimum Gasteiger partial charge on any atom is -0.419 e. The Balaban J connectivity index is 1.80. The largest absolute Gasteiger partial charge is 0.419 e. The first-order valence-electron chi connectivity index (χ1n) is 12.0. The molecule has 0 heterocycles. The second-order valence-corrected chi connectivity index (χ2v) is 11.0. The maximum absolute atomic E-state index is 17.2. The molecule has 0 aromatic rings. The molecule has 8 atom stereocenters. The second kappa shape index (κ2) is 8.34. The molecule has 7 nitrogen and oxygen atoms in total. The van der Waals surface area contributed by atoms with Crippen LogP contribution in [0.15, 0.2) is 36.6 Å². The molecular formula is C26H33F2NO6. The van der Waals surface area contributed by atoms with E-state index in [4.69, 9.17) is 4.74 Å². The van der Waals surface area contributed by atoms with Gasteiger partial charge in [-0.25, -0.2) is 13.6 Å². The Labute approximate surface area is 203 Å². The summed E-state index contributed by atoms with van der Waals surface area (Å²) in [6, 6.07) is 0. The summed E-state index contributed by atoms with van der Waals surface area (Å²) in [7, 11) is 1.45. The van der Waals surface area contributed by atoms with Crippen LogP contribution in [0, 0.1) is 28.1 Å². The molecule has 0 radical (unpaired) electrons. The first-order valence-corrected chi connectivity index (χ1v) is 12.0. The lowest BCUT2D eigenvalue weighted by Crippen LogP contribution is -2.70. The first-order chi connectivity index (χ1) is 16.3. The zero-order valence-electron chi connectivity index (χ0n) is 20.3. The minimum atomic E-state index is -2.26. The maximum Gasteiger partial charge on any atom is 0.414 e. The number of ketones is 2. The van der Waals surface area contributed by atoms with Gasteiger partial charge in [-0.05, 0) is 61.7 Å². The average molecular weight is 494 g/mol. The van der Waals surface area contributed by atoms with Crippen LogP contribution in [0.5, 0.6) is 0 Å². The Kier molecular flexibility index (Phi) is 6.12. The van der Waals surface area contributed by atoms with E-state index < -0.39 is 70.3 Å². The van der Waals surface area contributed by atoms with E-state index in [-0.39, 0.29) is 31.4 Å². The molecule has 4 aliphatic carbocycles. The highest BCUT2D eigenvalue weighted by molar-refractivity contribution is 6.01. The molecule has 2 N–H and O–H groups in total. The predicted octanol–water partition coefficient (Wildman–Crippen LogP) is 3.06. The van der Waals surface area contributed by atoms with E-state index in [1.54, 1.807) is 6.92 Å². The third-order valence-electron chi connectivity index (χ3n) is 9.67. The zero-order chi connectivity index (χ0) is 26.0. The molecule has 1 amide bonds. The molecule has 0 aromatic carbocycles. The quantitative estimate of drug-likeness (QED) is 0.571. The number of ether oxygens (including phenoxy) is 1. The average Bonchev–Trinajstić information content (AvgIpc) is 3.09. The number of rotatable bonds is 5. The van der Waals surface area contributed by atoms with Crippen molar-refractivity contribution in [3.63, 3.8) is 0 Å². The summed E-state index contributed by atoms with van der Waals surface area (Å²) >= 11 is 0. The van der Waals surface area contributed by atoms with Crippen LogP contribution in [0.1, 0.15) is 39.5 Å². The highest BCUT2D eigenvalue weighted by Gasteiger charge is 2.75. The lowest BCUT2D eigenvalue weighted by Gasteiger charge is -2.63. The molecule has 3 saturated carbocycles. The van der Waals surface area contributed by atoms with Gasteiger partial charge in [-0.15, -0.1) is 0 Å². The Hall–Kier alpha value is -2.39.